The van der Waals surface area contributed by atoms with Crippen molar-refractivity contribution in [1.29, 1.82) is 0 Å². The molecule has 3 aromatic rings. The summed E-state index contributed by atoms with van der Waals surface area (Å²) in [4.78, 5) is 31.1. The van der Waals surface area contributed by atoms with E-state index in [9.17, 15) is 9.59 Å². The van der Waals surface area contributed by atoms with Gasteiger partial charge >= 0.3 is 12.0 Å². The molecule has 1 N–H and O–H groups in total. The molecule has 1 atom stereocenters. The van der Waals surface area contributed by atoms with Gasteiger partial charge in [0.25, 0.3) is 0 Å². The van der Waals surface area contributed by atoms with E-state index in [1.165, 1.54) is 7.11 Å². The molecule has 1 aliphatic rings. The molecule has 2 aromatic carbocycles. The first-order chi connectivity index (χ1) is 13.7. The summed E-state index contributed by atoms with van der Waals surface area (Å²) >= 11 is 1.65. The number of para-hydroxylation sites is 1. The van der Waals surface area contributed by atoms with E-state index in [1.807, 2.05) is 23.1 Å². The largest absolute Gasteiger partial charge is 0.465 e. The maximum atomic E-state index is 12.9. The van der Waals surface area contributed by atoms with Crippen LogP contribution in [0.25, 0.3) is 10.2 Å². The summed E-state index contributed by atoms with van der Waals surface area (Å²) in [5.41, 5.74) is 2.07. The number of piperidine rings is 1. The summed E-state index contributed by atoms with van der Waals surface area (Å²) < 4.78 is 5.84. The Balaban J connectivity index is 1.52. The molecule has 144 valence electrons. The number of esters is 1. The van der Waals surface area contributed by atoms with Gasteiger partial charge in [0.05, 0.1) is 28.9 Å². The van der Waals surface area contributed by atoms with Gasteiger partial charge in [0.2, 0.25) is 0 Å². The zero-order valence-electron chi connectivity index (χ0n) is 15.6. The summed E-state index contributed by atoms with van der Waals surface area (Å²) in [6.07, 6.45) is 2.98. The molecule has 0 spiro atoms. The number of nitrogens with one attached hydrogen (secondary N) is 1. The molecule has 7 heteroatoms. The molecule has 0 bridgehead atoms. The summed E-state index contributed by atoms with van der Waals surface area (Å²) in [5, 5.41) is 3.92. The Morgan fingerprint density at radius 2 is 1.93 bits per heavy atom. The van der Waals surface area contributed by atoms with E-state index >= 15 is 0 Å². The smallest absolute Gasteiger partial charge is 0.337 e. The van der Waals surface area contributed by atoms with E-state index < -0.39 is 5.97 Å². The molecule has 0 saturated carbocycles. The molecular formula is C21H21N3O3S. The lowest BCUT2D eigenvalue weighted by atomic mass is 10.0. The van der Waals surface area contributed by atoms with Gasteiger partial charge in [0, 0.05) is 12.2 Å². The highest BCUT2D eigenvalue weighted by atomic mass is 32.1. The molecule has 1 aliphatic heterocycles. The number of carbonyl (C=O) groups is 2. The van der Waals surface area contributed by atoms with E-state index in [2.05, 4.69) is 11.4 Å². The van der Waals surface area contributed by atoms with Crippen molar-refractivity contribution in [2.24, 2.45) is 0 Å². The first-order valence-electron chi connectivity index (χ1n) is 9.27. The first kappa shape index (κ1) is 18.4. The number of hydrogen-bond donors (Lipinski definition) is 1. The molecule has 0 aliphatic carbocycles. The van der Waals surface area contributed by atoms with Gasteiger partial charge in [0.15, 0.2) is 0 Å². The van der Waals surface area contributed by atoms with Crippen molar-refractivity contribution in [2.45, 2.75) is 25.3 Å². The number of aromatic nitrogens is 1. The van der Waals surface area contributed by atoms with Gasteiger partial charge in [-0.15, -0.1) is 11.3 Å². The Kier molecular flexibility index (Phi) is 5.25. The molecule has 1 aromatic heterocycles. The summed E-state index contributed by atoms with van der Waals surface area (Å²) in [5.74, 6) is -0.398. The Morgan fingerprint density at radius 3 is 2.68 bits per heavy atom. The number of carbonyl (C=O) groups excluding carboxylic acids is 2. The van der Waals surface area contributed by atoms with Crippen LogP contribution in [0, 0.1) is 0 Å². The van der Waals surface area contributed by atoms with Gasteiger partial charge in [-0.2, -0.15) is 0 Å². The number of likely N-dealkylation sites (tertiary alicyclic amines) is 1. The second-order valence-corrected chi connectivity index (χ2v) is 7.79. The van der Waals surface area contributed by atoms with Crippen LogP contribution >= 0.6 is 11.3 Å². The highest BCUT2D eigenvalue weighted by Crippen LogP contribution is 2.35. The quantitative estimate of drug-likeness (QED) is 0.644. The van der Waals surface area contributed by atoms with Crippen LogP contribution in [0.3, 0.4) is 0 Å². The molecule has 6 nitrogen and oxygen atoms in total. The van der Waals surface area contributed by atoms with Crippen molar-refractivity contribution in [3.8, 4) is 0 Å². The third-order valence-electron chi connectivity index (χ3n) is 4.92. The lowest BCUT2D eigenvalue weighted by Crippen LogP contribution is -2.41. The van der Waals surface area contributed by atoms with Crippen LogP contribution in [0.5, 0.6) is 0 Å². The number of benzene rings is 2. The topological polar surface area (TPSA) is 71.5 Å². The Morgan fingerprint density at radius 1 is 1.14 bits per heavy atom. The predicted octanol–water partition coefficient (Wildman–Crippen LogP) is 4.84. The summed E-state index contributed by atoms with van der Waals surface area (Å²) in [6.45, 7) is 0.701. The number of amides is 2. The first-order valence-corrected chi connectivity index (χ1v) is 10.1. The van der Waals surface area contributed by atoms with Crippen molar-refractivity contribution in [1.82, 2.24) is 9.88 Å². The minimum absolute atomic E-state index is 0.0134. The molecule has 1 saturated heterocycles. The van der Waals surface area contributed by atoms with Crippen LogP contribution in [0.2, 0.25) is 0 Å². The Bertz CT molecular complexity index is 967. The highest BCUT2D eigenvalue weighted by Gasteiger charge is 2.30. The minimum atomic E-state index is -0.398. The van der Waals surface area contributed by atoms with Crippen LogP contribution in [-0.2, 0) is 4.74 Å². The van der Waals surface area contributed by atoms with Gasteiger partial charge in [-0.05, 0) is 55.7 Å². The average molecular weight is 395 g/mol. The second-order valence-electron chi connectivity index (χ2n) is 6.72. The molecule has 2 heterocycles. The van der Waals surface area contributed by atoms with Gasteiger partial charge < -0.3 is 15.0 Å². The predicted molar refractivity (Wildman–Crippen MR) is 110 cm³/mol. The van der Waals surface area contributed by atoms with Crippen molar-refractivity contribution < 1.29 is 14.3 Å². The fourth-order valence-electron chi connectivity index (χ4n) is 3.47. The number of thiazole rings is 1. The van der Waals surface area contributed by atoms with E-state index in [4.69, 9.17) is 9.72 Å². The minimum Gasteiger partial charge on any atom is -0.465 e. The molecule has 4 rings (SSSR count). The average Bonchev–Trinajstić information content (AvgIpc) is 3.18. The number of ether oxygens (including phenoxy) is 1. The third kappa shape index (κ3) is 3.71. The number of methoxy groups -OCH3 is 1. The third-order valence-corrected chi connectivity index (χ3v) is 6.05. The van der Waals surface area contributed by atoms with Crippen molar-refractivity contribution in [3.05, 3.63) is 59.1 Å². The van der Waals surface area contributed by atoms with E-state index in [0.29, 0.717) is 17.8 Å². The van der Waals surface area contributed by atoms with E-state index in [-0.39, 0.29) is 12.1 Å². The monoisotopic (exact) mass is 395 g/mol. The Hall–Kier alpha value is -2.93. The van der Waals surface area contributed by atoms with Crippen LogP contribution in [-0.4, -0.2) is 35.5 Å². The molecular weight excluding hydrogens is 374 g/mol. The number of rotatable bonds is 3. The van der Waals surface area contributed by atoms with Gasteiger partial charge in [-0.25, -0.2) is 14.6 Å². The van der Waals surface area contributed by atoms with Crippen molar-refractivity contribution >= 4 is 39.2 Å². The summed E-state index contributed by atoms with van der Waals surface area (Å²) in [6, 6.07) is 14.6. The van der Waals surface area contributed by atoms with Crippen LogP contribution in [0.4, 0.5) is 10.5 Å². The standard InChI is InChI=1S/C21H21N3O3S/c1-27-20(25)14-9-11-15(12-10-14)22-21(26)24-13-5-4-7-17(24)19-23-16-6-2-3-8-18(16)28-19/h2-3,6,8-12,17H,4-5,7,13H2,1H3,(H,22,26). The molecule has 1 unspecified atom stereocenters. The maximum absolute atomic E-state index is 12.9. The van der Waals surface area contributed by atoms with Crippen molar-refractivity contribution in [2.75, 3.05) is 19.0 Å². The Labute approximate surface area is 167 Å². The lowest BCUT2D eigenvalue weighted by Gasteiger charge is -2.34. The fourth-order valence-corrected chi connectivity index (χ4v) is 4.58. The van der Waals surface area contributed by atoms with E-state index in [0.717, 1.165) is 34.5 Å². The van der Waals surface area contributed by atoms with Gasteiger partial charge in [0.1, 0.15) is 5.01 Å². The zero-order chi connectivity index (χ0) is 19.5. The lowest BCUT2D eigenvalue weighted by molar-refractivity contribution is 0.0600. The number of anilines is 1. The van der Waals surface area contributed by atoms with Crippen LogP contribution < -0.4 is 5.32 Å². The second kappa shape index (κ2) is 7.98. The summed E-state index contributed by atoms with van der Waals surface area (Å²) in [7, 11) is 1.34. The number of hydrogen-bond acceptors (Lipinski definition) is 5. The SMILES string of the molecule is COC(=O)c1ccc(NC(=O)N2CCCCC2c2nc3ccccc3s2)cc1. The molecule has 28 heavy (non-hydrogen) atoms. The number of urea groups is 1. The van der Waals surface area contributed by atoms with E-state index in [1.54, 1.807) is 35.6 Å². The van der Waals surface area contributed by atoms with Gasteiger partial charge in [-0.3, -0.25) is 0 Å². The molecule has 2 amide bonds. The maximum Gasteiger partial charge on any atom is 0.337 e. The zero-order valence-corrected chi connectivity index (χ0v) is 16.4. The van der Waals surface area contributed by atoms with Gasteiger partial charge in [-0.1, -0.05) is 12.1 Å². The normalized spacial score (nSPS) is 16.8. The molecule has 1 fully saturated rings. The van der Waals surface area contributed by atoms with Crippen LogP contribution in [0.1, 0.15) is 40.7 Å². The van der Waals surface area contributed by atoms with Crippen molar-refractivity contribution in [3.63, 3.8) is 0 Å². The highest BCUT2D eigenvalue weighted by molar-refractivity contribution is 7.18. The number of nitrogens with zero attached hydrogens (tertiary/aromatic N) is 2. The fraction of sp³-hybridized carbons (Fsp3) is 0.286. The van der Waals surface area contributed by atoms with Crippen LogP contribution in [0.15, 0.2) is 48.5 Å². The molecule has 0 radical (unpaired) electrons. The number of fused-ring (bicyclic) bond motifs is 1.